The molecule has 4 nitrogen and oxygen atoms in total. The summed E-state index contributed by atoms with van der Waals surface area (Å²) in [4.78, 5) is 35.3. The molecule has 0 aromatic heterocycles. The van der Waals surface area contributed by atoms with E-state index in [0.717, 1.165) is 51.4 Å². The topological polar surface area (TPSA) is 60.4 Å². The second-order valence-electron chi connectivity index (χ2n) is 9.50. The van der Waals surface area contributed by atoms with Crippen LogP contribution in [-0.4, -0.2) is 23.6 Å². The van der Waals surface area contributed by atoms with Gasteiger partial charge in [0.15, 0.2) is 0 Å². The number of esters is 1. The van der Waals surface area contributed by atoms with Gasteiger partial charge in [0, 0.05) is 25.2 Å². The van der Waals surface area contributed by atoms with Gasteiger partial charge in [-0.1, -0.05) is 25.5 Å². The van der Waals surface area contributed by atoms with Crippen molar-refractivity contribution in [3.8, 4) is 0 Å². The van der Waals surface area contributed by atoms with E-state index < -0.39 is 11.8 Å². The van der Waals surface area contributed by atoms with E-state index in [1.165, 1.54) is 12.5 Å². The third-order valence-corrected chi connectivity index (χ3v) is 8.33. The average Bonchev–Trinajstić information content (AvgIpc) is 2.90. The van der Waals surface area contributed by atoms with Crippen LogP contribution in [0.4, 0.5) is 0 Å². The van der Waals surface area contributed by atoms with E-state index in [1.807, 2.05) is 0 Å². The fourth-order valence-electron chi connectivity index (χ4n) is 6.73. The quantitative estimate of drug-likeness (QED) is 0.425. The van der Waals surface area contributed by atoms with Crippen molar-refractivity contribution in [3.63, 3.8) is 0 Å². The van der Waals surface area contributed by atoms with Crippen molar-refractivity contribution in [2.24, 2.45) is 28.6 Å². The minimum Gasteiger partial charge on any atom is -0.456 e. The van der Waals surface area contributed by atoms with Gasteiger partial charge in [-0.3, -0.25) is 9.59 Å². The Morgan fingerprint density at radius 2 is 1.77 bits per heavy atom. The maximum Gasteiger partial charge on any atom is 0.374 e. The lowest BCUT2D eigenvalue weighted by Crippen LogP contribution is -2.50. The summed E-state index contributed by atoms with van der Waals surface area (Å²) in [5, 5.41) is 0. The first-order chi connectivity index (χ1) is 12.3. The van der Waals surface area contributed by atoms with Crippen LogP contribution in [0, 0.1) is 28.6 Å². The monoisotopic (exact) mass is 358 g/mol. The molecule has 3 saturated carbocycles. The lowest BCUT2D eigenvalue weighted by atomic mass is 9.48. The average molecular weight is 358 g/mol. The van der Waals surface area contributed by atoms with Crippen LogP contribution in [0.3, 0.4) is 0 Å². The fourth-order valence-corrected chi connectivity index (χ4v) is 6.73. The van der Waals surface area contributed by atoms with E-state index in [0.29, 0.717) is 23.5 Å². The molecule has 0 aromatic carbocycles. The first kappa shape index (κ1) is 17.9. The highest BCUT2D eigenvalue weighted by Gasteiger charge is 2.58. The number of ketones is 2. The summed E-state index contributed by atoms with van der Waals surface area (Å²) in [7, 11) is 0. The first-order valence-electron chi connectivity index (χ1n) is 10.2. The van der Waals surface area contributed by atoms with E-state index in [9.17, 15) is 14.4 Å². The zero-order valence-corrected chi connectivity index (χ0v) is 16.2. The molecule has 3 fully saturated rings. The Morgan fingerprint density at radius 3 is 2.50 bits per heavy atom. The summed E-state index contributed by atoms with van der Waals surface area (Å²) in [6.07, 6.45) is 9.86. The van der Waals surface area contributed by atoms with Gasteiger partial charge in [0.2, 0.25) is 5.78 Å². The molecule has 26 heavy (non-hydrogen) atoms. The predicted molar refractivity (Wildman–Crippen MR) is 97.3 cm³/mol. The van der Waals surface area contributed by atoms with Gasteiger partial charge in [-0.2, -0.15) is 0 Å². The lowest BCUT2D eigenvalue weighted by Gasteiger charge is -2.56. The Morgan fingerprint density at radius 1 is 1.08 bits per heavy atom. The van der Waals surface area contributed by atoms with Crippen molar-refractivity contribution in [1.29, 1.82) is 0 Å². The number of carbonyl (C=O) groups excluding carboxylic acids is 3. The molecular formula is C22H30O4. The number of Topliss-reactive ketones (excluding diaryl/α,β-unsaturated/α-hetero) is 2. The molecule has 0 aromatic rings. The molecule has 4 aliphatic carbocycles. The summed E-state index contributed by atoms with van der Waals surface area (Å²) in [5.74, 6) is 1.05. The van der Waals surface area contributed by atoms with Gasteiger partial charge < -0.3 is 4.74 Å². The van der Waals surface area contributed by atoms with Crippen LogP contribution < -0.4 is 0 Å². The molecule has 4 rings (SSSR count). The van der Waals surface area contributed by atoms with Crippen LogP contribution >= 0.6 is 0 Å². The SMILES string of the molecule is CC(=O)C(=O)O[C@H]1CC[C@@]2(C)C(=CC[C@@H]3[C@@H]2CC[C@]2(C)C(=O)CC[C@@H]32)C1. The van der Waals surface area contributed by atoms with E-state index in [4.69, 9.17) is 4.74 Å². The molecular weight excluding hydrogens is 328 g/mol. The number of hydrogen-bond acceptors (Lipinski definition) is 4. The molecule has 142 valence electrons. The van der Waals surface area contributed by atoms with Gasteiger partial charge in [-0.15, -0.1) is 0 Å². The normalized spacial score (nSPS) is 44.4. The highest BCUT2D eigenvalue weighted by molar-refractivity contribution is 6.32. The van der Waals surface area contributed by atoms with Crippen molar-refractivity contribution >= 4 is 17.5 Å². The van der Waals surface area contributed by atoms with Crippen LogP contribution in [0.25, 0.3) is 0 Å². The van der Waals surface area contributed by atoms with Crippen molar-refractivity contribution in [2.45, 2.75) is 78.2 Å². The smallest absolute Gasteiger partial charge is 0.374 e. The Balaban J connectivity index is 1.55. The Bertz CT molecular complexity index is 692. The van der Waals surface area contributed by atoms with Gasteiger partial charge in [0.1, 0.15) is 11.9 Å². The van der Waals surface area contributed by atoms with E-state index in [1.54, 1.807) is 0 Å². The van der Waals surface area contributed by atoms with Crippen molar-refractivity contribution in [1.82, 2.24) is 0 Å². The molecule has 0 heterocycles. The molecule has 0 aliphatic heterocycles. The van der Waals surface area contributed by atoms with Crippen LogP contribution in [0.1, 0.15) is 72.1 Å². The molecule has 0 amide bonds. The maximum absolute atomic E-state index is 12.5. The third-order valence-electron chi connectivity index (χ3n) is 8.33. The minimum atomic E-state index is -0.703. The number of ether oxygens (including phenoxy) is 1. The minimum absolute atomic E-state index is 0.0862. The van der Waals surface area contributed by atoms with Gasteiger partial charge in [-0.25, -0.2) is 4.79 Å². The van der Waals surface area contributed by atoms with Crippen molar-refractivity contribution < 1.29 is 19.1 Å². The zero-order chi connectivity index (χ0) is 18.7. The number of carbonyl (C=O) groups is 3. The van der Waals surface area contributed by atoms with Gasteiger partial charge in [-0.05, 0) is 61.7 Å². The van der Waals surface area contributed by atoms with E-state index in [-0.39, 0.29) is 16.9 Å². The van der Waals surface area contributed by atoms with Crippen LogP contribution in [-0.2, 0) is 19.1 Å². The van der Waals surface area contributed by atoms with Crippen LogP contribution in [0.5, 0.6) is 0 Å². The van der Waals surface area contributed by atoms with Crippen LogP contribution in [0.2, 0.25) is 0 Å². The number of hydrogen-bond donors (Lipinski definition) is 0. The van der Waals surface area contributed by atoms with Gasteiger partial charge in [0.05, 0.1) is 0 Å². The number of fused-ring (bicyclic) bond motifs is 5. The molecule has 6 atom stereocenters. The molecule has 0 spiro atoms. The highest BCUT2D eigenvalue weighted by atomic mass is 16.5. The van der Waals surface area contributed by atoms with Gasteiger partial charge in [0.25, 0.3) is 0 Å². The summed E-state index contributed by atoms with van der Waals surface area (Å²) in [5.41, 5.74) is 1.49. The maximum atomic E-state index is 12.5. The summed E-state index contributed by atoms with van der Waals surface area (Å²) < 4.78 is 5.41. The lowest BCUT2D eigenvalue weighted by molar-refractivity contribution is -0.158. The Kier molecular flexibility index (Phi) is 4.16. The van der Waals surface area contributed by atoms with Crippen molar-refractivity contribution in [3.05, 3.63) is 11.6 Å². The second kappa shape index (κ2) is 6.03. The molecule has 0 bridgehead atoms. The Hall–Kier alpha value is -1.45. The summed E-state index contributed by atoms with van der Waals surface area (Å²) >= 11 is 0. The number of allylic oxidation sites excluding steroid dienone is 1. The van der Waals surface area contributed by atoms with Crippen LogP contribution in [0.15, 0.2) is 11.6 Å². The van der Waals surface area contributed by atoms with Crippen molar-refractivity contribution in [2.75, 3.05) is 0 Å². The molecule has 4 aliphatic rings. The highest BCUT2D eigenvalue weighted by Crippen LogP contribution is 2.64. The summed E-state index contributed by atoms with van der Waals surface area (Å²) in [6.45, 7) is 5.86. The standard InChI is InChI=1S/C22H30O4/c1-13(23)20(25)26-15-8-10-21(2)14(12-15)4-5-16-17-6-7-19(24)22(17,3)11-9-18(16)21/h4,15-18H,5-12H2,1-3H3/t15-,16-,17-,18-,21-,22-/m0/s1. The predicted octanol–water partition coefficient (Wildman–Crippen LogP) is 4.02. The van der Waals surface area contributed by atoms with Gasteiger partial charge >= 0.3 is 5.97 Å². The second-order valence-corrected chi connectivity index (χ2v) is 9.50. The third kappa shape index (κ3) is 2.51. The largest absolute Gasteiger partial charge is 0.456 e. The van der Waals surface area contributed by atoms with E-state index >= 15 is 0 Å². The molecule has 4 heteroatoms. The Labute approximate surface area is 155 Å². The molecule has 0 saturated heterocycles. The number of rotatable bonds is 2. The molecule has 0 N–H and O–H groups in total. The zero-order valence-electron chi connectivity index (χ0n) is 16.2. The fraction of sp³-hybridized carbons (Fsp3) is 0.773. The first-order valence-corrected chi connectivity index (χ1v) is 10.2. The summed E-state index contributed by atoms with van der Waals surface area (Å²) in [6, 6.07) is 0. The molecule has 0 radical (unpaired) electrons. The molecule has 0 unspecified atom stereocenters. The van der Waals surface area contributed by atoms with E-state index in [2.05, 4.69) is 19.9 Å².